The Balaban J connectivity index is 1.63. The zero-order valence-electron chi connectivity index (χ0n) is 13.1. The minimum atomic E-state index is 0.446. The Hall–Kier alpha value is -1.36. The van der Waals surface area contributed by atoms with Crippen LogP contribution < -0.4 is 10.6 Å². The molecule has 0 spiro atoms. The highest BCUT2D eigenvalue weighted by atomic mass is 16.5. The van der Waals surface area contributed by atoms with Crippen molar-refractivity contribution in [1.82, 2.24) is 9.97 Å². The highest BCUT2D eigenvalue weighted by Crippen LogP contribution is 2.48. The maximum atomic E-state index is 5.15. The lowest BCUT2D eigenvalue weighted by Crippen LogP contribution is -2.21. The summed E-state index contributed by atoms with van der Waals surface area (Å²) in [6.07, 6.45) is 5.73. The first kappa shape index (κ1) is 14.6. The number of methoxy groups -OCH3 is 1. The molecule has 1 aromatic rings. The molecule has 2 N–H and O–H groups in total. The maximum absolute atomic E-state index is 5.15. The van der Waals surface area contributed by atoms with E-state index < -0.39 is 0 Å². The molecule has 0 amide bonds. The van der Waals surface area contributed by atoms with Crippen molar-refractivity contribution in [1.29, 1.82) is 0 Å². The molecule has 5 nitrogen and oxygen atoms in total. The van der Waals surface area contributed by atoms with Crippen LogP contribution in [0.15, 0.2) is 6.07 Å². The average molecular weight is 290 g/mol. The normalized spacial score (nSPS) is 27.0. The van der Waals surface area contributed by atoms with E-state index in [1.54, 1.807) is 7.11 Å². The molecule has 2 aliphatic carbocycles. The zero-order chi connectivity index (χ0) is 14.7. The molecule has 1 heterocycles. The molecule has 0 aromatic carbocycles. The van der Waals surface area contributed by atoms with Gasteiger partial charge in [-0.3, -0.25) is 0 Å². The van der Waals surface area contributed by atoms with Crippen molar-refractivity contribution in [3.63, 3.8) is 0 Å². The Morgan fingerprint density at radius 1 is 1.19 bits per heavy atom. The van der Waals surface area contributed by atoms with Crippen LogP contribution in [-0.2, 0) is 11.3 Å². The third-order valence-corrected chi connectivity index (χ3v) is 4.83. The fourth-order valence-corrected chi connectivity index (χ4v) is 3.92. The molecule has 3 unspecified atom stereocenters. The Bertz CT molecular complexity index is 455. The summed E-state index contributed by atoms with van der Waals surface area (Å²) < 4.78 is 5.15. The number of hydrogen-bond donors (Lipinski definition) is 2. The molecule has 3 atom stereocenters. The second-order valence-electron chi connectivity index (χ2n) is 6.33. The van der Waals surface area contributed by atoms with Gasteiger partial charge >= 0.3 is 0 Å². The largest absolute Gasteiger partial charge is 0.377 e. The van der Waals surface area contributed by atoms with Crippen LogP contribution in [0.2, 0.25) is 0 Å². The molecule has 1 aromatic heterocycles. The van der Waals surface area contributed by atoms with Crippen molar-refractivity contribution in [2.75, 3.05) is 30.8 Å². The summed E-state index contributed by atoms with van der Waals surface area (Å²) in [7, 11) is 1.67. The fraction of sp³-hybridized carbons (Fsp3) is 0.750. The fourth-order valence-electron chi connectivity index (χ4n) is 3.92. The predicted molar refractivity (Wildman–Crippen MR) is 84.3 cm³/mol. The molecule has 116 valence electrons. The van der Waals surface area contributed by atoms with Crippen LogP contribution in [0.5, 0.6) is 0 Å². The molecule has 2 fully saturated rings. The van der Waals surface area contributed by atoms with Gasteiger partial charge in [0, 0.05) is 26.3 Å². The van der Waals surface area contributed by atoms with Crippen molar-refractivity contribution >= 4 is 11.6 Å². The Morgan fingerprint density at radius 3 is 2.62 bits per heavy atom. The van der Waals surface area contributed by atoms with Crippen LogP contribution in [0.25, 0.3) is 0 Å². The highest BCUT2D eigenvalue weighted by Gasteiger charge is 2.39. The van der Waals surface area contributed by atoms with Gasteiger partial charge in [0.25, 0.3) is 0 Å². The van der Waals surface area contributed by atoms with E-state index in [9.17, 15) is 0 Å². The molecule has 2 aliphatic rings. The van der Waals surface area contributed by atoms with E-state index in [-0.39, 0.29) is 0 Å². The number of ether oxygens (including phenoxy) is 1. The smallest absolute Gasteiger partial charge is 0.158 e. The first-order chi connectivity index (χ1) is 10.3. The maximum Gasteiger partial charge on any atom is 0.158 e. The molecule has 2 bridgehead atoms. The average Bonchev–Trinajstić information content (AvgIpc) is 3.08. The Morgan fingerprint density at radius 2 is 2.00 bits per heavy atom. The summed E-state index contributed by atoms with van der Waals surface area (Å²) in [4.78, 5) is 8.98. The quantitative estimate of drug-likeness (QED) is 0.808. The number of nitrogens with zero attached hydrogens (tertiary/aromatic N) is 2. The molecule has 0 saturated heterocycles. The van der Waals surface area contributed by atoms with E-state index in [4.69, 9.17) is 4.74 Å². The monoisotopic (exact) mass is 290 g/mol. The van der Waals surface area contributed by atoms with Crippen LogP contribution in [0.1, 0.15) is 38.4 Å². The van der Waals surface area contributed by atoms with Gasteiger partial charge in [-0.05, 0) is 43.9 Å². The molecular weight excluding hydrogens is 264 g/mol. The van der Waals surface area contributed by atoms with Crippen LogP contribution >= 0.6 is 0 Å². The number of anilines is 2. The van der Waals surface area contributed by atoms with Gasteiger partial charge in [0.05, 0.1) is 0 Å². The highest BCUT2D eigenvalue weighted by molar-refractivity contribution is 5.47. The standard InChI is InChI=1S/C16H26N4O/c1-3-17-14-8-15(20-16(19-14)10-21-2)18-9-13-7-11-4-5-12(13)6-11/h8,11-13H,3-7,9-10H2,1-2H3,(H2,17,18,19,20). The van der Waals surface area contributed by atoms with Crippen LogP contribution in [0, 0.1) is 17.8 Å². The van der Waals surface area contributed by atoms with Gasteiger partial charge in [0.1, 0.15) is 18.2 Å². The lowest BCUT2D eigenvalue weighted by Gasteiger charge is -2.22. The predicted octanol–water partition coefficient (Wildman–Crippen LogP) is 2.90. The van der Waals surface area contributed by atoms with E-state index in [1.165, 1.54) is 25.7 Å². The lowest BCUT2D eigenvalue weighted by molar-refractivity contribution is 0.178. The first-order valence-corrected chi connectivity index (χ1v) is 8.13. The number of rotatable bonds is 7. The SMILES string of the molecule is CCNc1cc(NCC2CC3CCC2C3)nc(COC)n1. The molecule has 3 rings (SSSR count). The number of hydrogen-bond acceptors (Lipinski definition) is 5. The summed E-state index contributed by atoms with van der Waals surface area (Å²) in [5.41, 5.74) is 0. The molecular formula is C16H26N4O. The molecule has 2 saturated carbocycles. The first-order valence-electron chi connectivity index (χ1n) is 8.13. The Labute approximate surface area is 126 Å². The van der Waals surface area contributed by atoms with Gasteiger partial charge in [-0.2, -0.15) is 0 Å². The van der Waals surface area contributed by atoms with E-state index >= 15 is 0 Å². The number of fused-ring (bicyclic) bond motifs is 2. The van der Waals surface area contributed by atoms with Crippen LogP contribution in [-0.4, -0.2) is 30.2 Å². The Kier molecular flexibility index (Phi) is 4.58. The summed E-state index contributed by atoms with van der Waals surface area (Å²) in [5.74, 6) is 5.27. The van der Waals surface area contributed by atoms with E-state index in [1.807, 2.05) is 6.07 Å². The topological polar surface area (TPSA) is 59.1 Å². The van der Waals surface area contributed by atoms with Crippen molar-refractivity contribution in [3.8, 4) is 0 Å². The summed E-state index contributed by atoms with van der Waals surface area (Å²) in [6, 6.07) is 2.00. The van der Waals surface area contributed by atoms with Gasteiger partial charge < -0.3 is 15.4 Å². The van der Waals surface area contributed by atoms with Crippen molar-refractivity contribution < 1.29 is 4.74 Å². The van der Waals surface area contributed by atoms with E-state index in [0.717, 1.165) is 48.3 Å². The lowest BCUT2D eigenvalue weighted by atomic mass is 9.89. The zero-order valence-corrected chi connectivity index (χ0v) is 13.1. The van der Waals surface area contributed by atoms with Gasteiger partial charge in [-0.1, -0.05) is 6.42 Å². The number of nitrogens with one attached hydrogen (secondary N) is 2. The summed E-state index contributed by atoms with van der Waals surface area (Å²) in [5, 5.41) is 6.78. The van der Waals surface area contributed by atoms with Gasteiger partial charge in [-0.25, -0.2) is 9.97 Å². The number of aromatic nitrogens is 2. The summed E-state index contributed by atoms with van der Waals surface area (Å²) >= 11 is 0. The van der Waals surface area contributed by atoms with Gasteiger partial charge in [0.15, 0.2) is 5.82 Å². The van der Waals surface area contributed by atoms with Crippen LogP contribution in [0.3, 0.4) is 0 Å². The molecule has 21 heavy (non-hydrogen) atoms. The van der Waals surface area contributed by atoms with Gasteiger partial charge in [0.2, 0.25) is 0 Å². The van der Waals surface area contributed by atoms with Crippen molar-refractivity contribution in [2.45, 2.75) is 39.2 Å². The van der Waals surface area contributed by atoms with Gasteiger partial charge in [-0.15, -0.1) is 0 Å². The molecule has 5 heteroatoms. The minimum Gasteiger partial charge on any atom is -0.377 e. The van der Waals surface area contributed by atoms with Crippen molar-refractivity contribution in [2.24, 2.45) is 17.8 Å². The van der Waals surface area contributed by atoms with E-state index in [0.29, 0.717) is 6.61 Å². The van der Waals surface area contributed by atoms with Crippen molar-refractivity contribution in [3.05, 3.63) is 11.9 Å². The molecule has 0 aliphatic heterocycles. The third-order valence-electron chi connectivity index (χ3n) is 4.83. The minimum absolute atomic E-state index is 0.446. The second-order valence-corrected chi connectivity index (χ2v) is 6.33. The van der Waals surface area contributed by atoms with Crippen LogP contribution in [0.4, 0.5) is 11.6 Å². The molecule has 0 radical (unpaired) electrons. The third kappa shape index (κ3) is 3.46. The van der Waals surface area contributed by atoms with E-state index in [2.05, 4.69) is 27.5 Å². The summed E-state index contributed by atoms with van der Waals surface area (Å²) in [6.45, 7) is 4.41. The second kappa shape index (κ2) is 6.60.